The summed E-state index contributed by atoms with van der Waals surface area (Å²) in [6.07, 6.45) is 7.12. The van der Waals surface area contributed by atoms with Gasteiger partial charge in [0.25, 0.3) is 0 Å². The van der Waals surface area contributed by atoms with E-state index in [1.54, 1.807) is 0 Å². The van der Waals surface area contributed by atoms with Crippen LogP contribution in [0.1, 0.15) is 37.7 Å². The molecule has 1 heterocycles. The summed E-state index contributed by atoms with van der Waals surface area (Å²) in [4.78, 5) is 2.46. The summed E-state index contributed by atoms with van der Waals surface area (Å²) in [5.74, 6) is 0. The lowest BCUT2D eigenvalue weighted by atomic mass is 9.91. The molecule has 21 heavy (non-hydrogen) atoms. The fraction of sp³-hybridized carbons (Fsp3) is 0.667. The van der Waals surface area contributed by atoms with Gasteiger partial charge in [-0.25, -0.2) is 0 Å². The SMILES string of the molecule is OC1CCN([C@H]2CCCC[C@H]2OCCc2ccccc2)C1. The third-order valence-corrected chi connectivity index (χ3v) is 4.90. The van der Waals surface area contributed by atoms with Gasteiger partial charge >= 0.3 is 0 Å². The maximum atomic E-state index is 9.76. The second-order valence-electron chi connectivity index (χ2n) is 6.43. The molecule has 0 aromatic heterocycles. The van der Waals surface area contributed by atoms with Crippen LogP contribution in [-0.4, -0.2) is 48.0 Å². The molecule has 1 unspecified atom stereocenters. The van der Waals surface area contributed by atoms with Crippen LogP contribution in [0.3, 0.4) is 0 Å². The first-order valence-electron chi connectivity index (χ1n) is 8.40. The van der Waals surface area contributed by atoms with Gasteiger partial charge in [-0.3, -0.25) is 4.90 Å². The van der Waals surface area contributed by atoms with Crippen molar-refractivity contribution in [2.24, 2.45) is 0 Å². The molecule has 1 N–H and O–H groups in total. The van der Waals surface area contributed by atoms with Gasteiger partial charge in [-0.15, -0.1) is 0 Å². The minimum absolute atomic E-state index is 0.128. The van der Waals surface area contributed by atoms with Gasteiger partial charge < -0.3 is 9.84 Å². The van der Waals surface area contributed by atoms with Gasteiger partial charge in [0.05, 0.1) is 18.8 Å². The van der Waals surface area contributed by atoms with Gasteiger partial charge in [0, 0.05) is 19.1 Å². The van der Waals surface area contributed by atoms with Crippen LogP contribution >= 0.6 is 0 Å². The summed E-state index contributed by atoms with van der Waals surface area (Å²) in [6.45, 7) is 2.68. The maximum absolute atomic E-state index is 9.76. The van der Waals surface area contributed by atoms with Crippen molar-refractivity contribution in [1.29, 1.82) is 0 Å². The van der Waals surface area contributed by atoms with E-state index in [2.05, 4.69) is 35.2 Å². The molecule has 1 saturated carbocycles. The van der Waals surface area contributed by atoms with Crippen LogP contribution in [0.5, 0.6) is 0 Å². The lowest BCUT2D eigenvalue weighted by Crippen LogP contribution is -2.46. The highest BCUT2D eigenvalue weighted by molar-refractivity contribution is 5.14. The highest BCUT2D eigenvalue weighted by Gasteiger charge is 2.34. The number of hydrogen-bond acceptors (Lipinski definition) is 3. The Morgan fingerprint density at radius 1 is 1.10 bits per heavy atom. The van der Waals surface area contributed by atoms with E-state index in [-0.39, 0.29) is 6.10 Å². The minimum atomic E-state index is -0.128. The van der Waals surface area contributed by atoms with Crippen molar-refractivity contribution in [3.05, 3.63) is 35.9 Å². The Morgan fingerprint density at radius 2 is 1.90 bits per heavy atom. The Morgan fingerprint density at radius 3 is 2.67 bits per heavy atom. The first-order valence-corrected chi connectivity index (χ1v) is 8.40. The number of benzene rings is 1. The van der Waals surface area contributed by atoms with E-state index in [9.17, 15) is 5.11 Å². The van der Waals surface area contributed by atoms with Gasteiger partial charge in [0.2, 0.25) is 0 Å². The molecule has 0 spiro atoms. The van der Waals surface area contributed by atoms with Crippen molar-refractivity contribution in [3.63, 3.8) is 0 Å². The van der Waals surface area contributed by atoms with E-state index in [4.69, 9.17) is 4.74 Å². The van der Waals surface area contributed by atoms with Crippen molar-refractivity contribution < 1.29 is 9.84 Å². The third-order valence-electron chi connectivity index (χ3n) is 4.90. The predicted octanol–water partition coefficient (Wildman–Crippen LogP) is 2.62. The average Bonchev–Trinajstić information content (AvgIpc) is 2.95. The summed E-state index contributed by atoms with van der Waals surface area (Å²) in [7, 11) is 0. The van der Waals surface area contributed by atoms with Crippen molar-refractivity contribution in [2.45, 2.75) is 56.8 Å². The number of ether oxygens (including phenoxy) is 1. The summed E-state index contributed by atoms with van der Waals surface area (Å²) in [6, 6.07) is 11.1. The van der Waals surface area contributed by atoms with E-state index >= 15 is 0 Å². The molecule has 2 fully saturated rings. The van der Waals surface area contributed by atoms with Crippen LogP contribution < -0.4 is 0 Å². The molecule has 1 aromatic carbocycles. The Kier molecular flexibility index (Phi) is 5.28. The zero-order chi connectivity index (χ0) is 14.5. The highest BCUT2D eigenvalue weighted by atomic mass is 16.5. The van der Waals surface area contributed by atoms with Crippen LogP contribution in [-0.2, 0) is 11.2 Å². The topological polar surface area (TPSA) is 32.7 Å². The standard InChI is InChI=1S/C18H27NO2/c20-16-10-12-19(14-16)17-8-4-5-9-18(17)21-13-11-15-6-2-1-3-7-15/h1-3,6-7,16-18,20H,4-5,8-14H2/t16?,17-,18+/m0/s1. The van der Waals surface area contributed by atoms with Crippen LogP contribution in [0, 0.1) is 0 Å². The van der Waals surface area contributed by atoms with Crippen LogP contribution in [0.25, 0.3) is 0 Å². The zero-order valence-corrected chi connectivity index (χ0v) is 12.8. The predicted molar refractivity (Wildman–Crippen MR) is 84.3 cm³/mol. The van der Waals surface area contributed by atoms with Crippen molar-refractivity contribution in [3.8, 4) is 0 Å². The van der Waals surface area contributed by atoms with Gasteiger partial charge in [-0.1, -0.05) is 43.2 Å². The Balaban J connectivity index is 1.50. The number of aliphatic hydroxyl groups excluding tert-OH is 1. The summed E-state index contributed by atoms with van der Waals surface area (Å²) >= 11 is 0. The van der Waals surface area contributed by atoms with Crippen LogP contribution in [0.2, 0.25) is 0 Å². The average molecular weight is 289 g/mol. The first-order chi connectivity index (χ1) is 10.3. The number of nitrogens with zero attached hydrogens (tertiary/aromatic N) is 1. The summed E-state index contributed by atoms with van der Waals surface area (Å²) < 4.78 is 6.22. The molecular formula is C18H27NO2. The monoisotopic (exact) mass is 289 g/mol. The van der Waals surface area contributed by atoms with E-state index in [0.717, 1.165) is 32.5 Å². The zero-order valence-electron chi connectivity index (χ0n) is 12.8. The lowest BCUT2D eigenvalue weighted by molar-refractivity contribution is -0.0316. The molecule has 3 rings (SSSR count). The number of β-amino-alcohol motifs (C(OH)–C–C–N with tert-alkyl or cyclic N) is 1. The highest BCUT2D eigenvalue weighted by Crippen LogP contribution is 2.28. The number of likely N-dealkylation sites (tertiary alicyclic amines) is 1. The van der Waals surface area contributed by atoms with Crippen LogP contribution in [0.4, 0.5) is 0 Å². The smallest absolute Gasteiger partial charge is 0.0730 e. The quantitative estimate of drug-likeness (QED) is 0.904. The number of hydrogen-bond donors (Lipinski definition) is 1. The van der Waals surface area contributed by atoms with E-state index in [1.165, 1.54) is 31.2 Å². The van der Waals surface area contributed by atoms with Gasteiger partial charge in [0.15, 0.2) is 0 Å². The molecule has 1 saturated heterocycles. The van der Waals surface area contributed by atoms with E-state index in [0.29, 0.717) is 12.1 Å². The molecule has 1 aliphatic carbocycles. The van der Waals surface area contributed by atoms with Gasteiger partial charge in [0.1, 0.15) is 0 Å². The molecule has 2 aliphatic rings. The maximum Gasteiger partial charge on any atom is 0.0730 e. The lowest BCUT2D eigenvalue weighted by Gasteiger charge is -2.37. The third kappa shape index (κ3) is 4.06. The molecule has 0 radical (unpaired) electrons. The van der Waals surface area contributed by atoms with Crippen molar-refractivity contribution >= 4 is 0 Å². The van der Waals surface area contributed by atoms with Gasteiger partial charge in [-0.2, -0.15) is 0 Å². The van der Waals surface area contributed by atoms with Crippen LogP contribution in [0.15, 0.2) is 30.3 Å². The van der Waals surface area contributed by atoms with E-state index in [1.807, 2.05) is 0 Å². The molecule has 1 aromatic rings. The molecule has 3 heteroatoms. The molecule has 0 bridgehead atoms. The second-order valence-corrected chi connectivity index (χ2v) is 6.43. The molecule has 0 amide bonds. The molecule has 116 valence electrons. The van der Waals surface area contributed by atoms with Crippen molar-refractivity contribution in [1.82, 2.24) is 4.90 Å². The summed E-state index contributed by atoms with van der Waals surface area (Å²) in [5, 5.41) is 9.76. The Bertz CT molecular complexity index is 422. The molecule has 3 nitrogen and oxygen atoms in total. The molecule has 3 atom stereocenters. The Hall–Kier alpha value is -0.900. The Labute approximate surface area is 127 Å². The second kappa shape index (κ2) is 7.39. The largest absolute Gasteiger partial charge is 0.392 e. The number of aliphatic hydroxyl groups is 1. The normalized spacial score (nSPS) is 30.6. The molecular weight excluding hydrogens is 262 g/mol. The fourth-order valence-electron chi connectivity index (χ4n) is 3.73. The number of rotatable bonds is 5. The first kappa shape index (κ1) is 15.0. The summed E-state index contributed by atoms with van der Waals surface area (Å²) in [5.41, 5.74) is 1.35. The van der Waals surface area contributed by atoms with Crippen molar-refractivity contribution in [2.75, 3.05) is 19.7 Å². The minimum Gasteiger partial charge on any atom is -0.392 e. The van der Waals surface area contributed by atoms with E-state index < -0.39 is 0 Å². The fourth-order valence-corrected chi connectivity index (χ4v) is 3.73. The molecule has 1 aliphatic heterocycles. The van der Waals surface area contributed by atoms with Gasteiger partial charge in [-0.05, 0) is 31.2 Å².